The molecular weight excluding hydrogens is 306 g/mol. The zero-order chi connectivity index (χ0) is 16.6. The normalized spacial score (nSPS) is 12.4. The number of carbonyl (C=O) groups excluding carboxylic acids is 1. The van der Waals surface area contributed by atoms with Crippen molar-refractivity contribution in [1.29, 1.82) is 0 Å². The molecule has 0 radical (unpaired) electrons. The third-order valence-electron chi connectivity index (χ3n) is 2.51. The van der Waals surface area contributed by atoms with Crippen LogP contribution < -0.4 is 5.73 Å². The number of alkyl halides is 6. The Morgan fingerprint density at radius 1 is 1.14 bits per heavy atom. The van der Waals surface area contributed by atoms with E-state index in [-0.39, 0.29) is 6.61 Å². The molecule has 2 N–H and O–H groups in total. The number of hydrogen-bond acceptors (Lipinski definition) is 4. The van der Waals surface area contributed by atoms with Crippen LogP contribution in [0.3, 0.4) is 0 Å². The number of nitrogen functional groups attached to an aromatic ring is 1. The Morgan fingerprint density at radius 2 is 1.62 bits per heavy atom. The van der Waals surface area contributed by atoms with Gasteiger partial charge in [0.05, 0.1) is 17.9 Å². The van der Waals surface area contributed by atoms with E-state index < -0.39 is 46.5 Å². The van der Waals surface area contributed by atoms with Crippen molar-refractivity contribution in [2.45, 2.75) is 26.2 Å². The summed E-state index contributed by atoms with van der Waals surface area (Å²) in [4.78, 5) is 14.1. The number of nitrogens with zero attached hydrogens (tertiary/aromatic N) is 1. The number of pyridine rings is 1. The molecule has 1 aromatic heterocycles. The van der Waals surface area contributed by atoms with Crippen LogP contribution in [0.25, 0.3) is 0 Å². The van der Waals surface area contributed by atoms with Crippen molar-refractivity contribution in [3.05, 3.63) is 22.5 Å². The van der Waals surface area contributed by atoms with Crippen molar-refractivity contribution in [3.63, 3.8) is 0 Å². The van der Waals surface area contributed by atoms with Gasteiger partial charge in [0, 0.05) is 0 Å². The average molecular weight is 316 g/mol. The number of aromatic nitrogens is 1. The summed E-state index contributed by atoms with van der Waals surface area (Å²) in [6.45, 7) is 1.95. The van der Waals surface area contributed by atoms with Gasteiger partial charge in [0.25, 0.3) is 0 Å². The quantitative estimate of drug-likeness (QED) is 0.672. The summed E-state index contributed by atoms with van der Waals surface area (Å²) in [5, 5.41) is 0. The Balaban J connectivity index is 3.72. The Kier molecular flexibility index (Phi) is 4.40. The molecule has 0 fully saturated rings. The number of hydrogen-bond donors (Lipinski definition) is 1. The van der Waals surface area contributed by atoms with E-state index in [1.165, 1.54) is 6.92 Å². The maximum absolute atomic E-state index is 12.9. The molecule has 0 aliphatic heterocycles. The largest absolute Gasteiger partial charge is 0.462 e. The molecule has 0 spiro atoms. The highest BCUT2D eigenvalue weighted by atomic mass is 19.4. The van der Waals surface area contributed by atoms with Crippen molar-refractivity contribution in [2.75, 3.05) is 12.3 Å². The zero-order valence-electron chi connectivity index (χ0n) is 10.8. The molecular formula is C11H10F6N2O2. The standard InChI is InChI=1S/C11H10F6N2O2/c1-3-21-9(20)5-4(2)6(18)8(11(15,16)17)19-7(5)10(12,13)14/h3,18H2,1-2H3. The van der Waals surface area contributed by atoms with Crippen molar-refractivity contribution >= 4 is 11.7 Å². The van der Waals surface area contributed by atoms with Gasteiger partial charge in [-0.1, -0.05) is 0 Å². The lowest BCUT2D eigenvalue weighted by Crippen LogP contribution is -2.24. The monoisotopic (exact) mass is 316 g/mol. The number of anilines is 1. The minimum Gasteiger partial charge on any atom is -0.462 e. The Hall–Kier alpha value is -2.00. The number of halogens is 6. The van der Waals surface area contributed by atoms with Crippen LogP contribution in [0.1, 0.15) is 34.2 Å². The first-order chi connectivity index (χ1) is 9.41. The summed E-state index contributed by atoms with van der Waals surface area (Å²) in [7, 11) is 0. The van der Waals surface area contributed by atoms with Crippen molar-refractivity contribution in [3.8, 4) is 0 Å². The molecule has 0 saturated heterocycles. The molecule has 21 heavy (non-hydrogen) atoms. The number of rotatable bonds is 2. The second kappa shape index (κ2) is 5.41. The van der Waals surface area contributed by atoms with Crippen LogP contribution >= 0.6 is 0 Å². The van der Waals surface area contributed by atoms with Crippen molar-refractivity contribution in [1.82, 2.24) is 4.98 Å². The second-order valence-electron chi connectivity index (χ2n) is 3.94. The molecule has 0 atom stereocenters. The molecule has 0 unspecified atom stereocenters. The van der Waals surface area contributed by atoms with Crippen LogP contribution in [0.2, 0.25) is 0 Å². The Labute approximate surface area is 114 Å². The lowest BCUT2D eigenvalue weighted by Gasteiger charge is -2.18. The minimum absolute atomic E-state index is 0.253. The number of ether oxygens (including phenoxy) is 1. The minimum atomic E-state index is -5.26. The Morgan fingerprint density at radius 3 is 2.00 bits per heavy atom. The highest BCUT2D eigenvalue weighted by Crippen LogP contribution is 2.40. The zero-order valence-corrected chi connectivity index (χ0v) is 10.8. The number of esters is 1. The summed E-state index contributed by atoms with van der Waals surface area (Å²) >= 11 is 0. The molecule has 0 bridgehead atoms. The van der Waals surface area contributed by atoms with E-state index in [0.717, 1.165) is 6.92 Å². The molecule has 0 amide bonds. The van der Waals surface area contributed by atoms with E-state index in [1.54, 1.807) is 0 Å². The third-order valence-corrected chi connectivity index (χ3v) is 2.51. The molecule has 1 aromatic rings. The average Bonchev–Trinajstić information content (AvgIpc) is 2.29. The van der Waals surface area contributed by atoms with Gasteiger partial charge < -0.3 is 10.5 Å². The first kappa shape index (κ1) is 17.1. The topological polar surface area (TPSA) is 65.2 Å². The van der Waals surface area contributed by atoms with Gasteiger partial charge in [-0.25, -0.2) is 9.78 Å². The van der Waals surface area contributed by atoms with Crippen molar-refractivity contribution in [2.24, 2.45) is 0 Å². The summed E-state index contributed by atoms with van der Waals surface area (Å²) in [5.41, 5.74) is -1.54. The van der Waals surface area contributed by atoms with Gasteiger partial charge >= 0.3 is 18.3 Å². The van der Waals surface area contributed by atoms with E-state index >= 15 is 0 Å². The number of carbonyl (C=O) groups is 1. The fourth-order valence-corrected chi connectivity index (χ4v) is 1.59. The third kappa shape index (κ3) is 3.37. The van der Waals surface area contributed by atoms with Crippen LogP contribution in [0.5, 0.6) is 0 Å². The molecule has 1 rings (SSSR count). The van der Waals surface area contributed by atoms with Gasteiger partial charge in [-0.05, 0) is 19.4 Å². The van der Waals surface area contributed by atoms with Gasteiger partial charge in [-0.15, -0.1) is 0 Å². The summed E-state index contributed by atoms with van der Waals surface area (Å²) < 4.78 is 80.9. The van der Waals surface area contributed by atoms with E-state index in [1.807, 2.05) is 0 Å². The second-order valence-corrected chi connectivity index (χ2v) is 3.94. The highest BCUT2D eigenvalue weighted by molar-refractivity contribution is 5.94. The van der Waals surface area contributed by atoms with E-state index in [2.05, 4.69) is 9.72 Å². The molecule has 0 aliphatic rings. The van der Waals surface area contributed by atoms with E-state index in [9.17, 15) is 31.1 Å². The van der Waals surface area contributed by atoms with Gasteiger partial charge in [0.2, 0.25) is 0 Å². The van der Waals surface area contributed by atoms with Gasteiger partial charge in [-0.2, -0.15) is 26.3 Å². The van der Waals surface area contributed by atoms with Crippen LogP contribution in [0.15, 0.2) is 0 Å². The molecule has 1 heterocycles. The fraction of sp³-hybridized carbons (Fsp3) is 0.455. The van der Waals surface area contributed by atoms with Crippen molar-refractivity contribution < 1.29 is 35.9 Å². The molecule has 10 heteroatoms. The summed E-state index contributed by atoms with van der Waals surface area (Å²) in [5.74, 6) is -1.43. The first-order valence-electron chi connectivity index (χ1n) is 5.52. The predicted octanol–water partition coefficient (Wildman–Crippen LogP) is 3.19. The molecule has 0 aliphatic carbocycles. The smallest absolute Gasteiger partial charge is 0.435 e. The molecule has 0 saturated carbocycles. The first-order valence-corrected chi connectivity index (χ1v) is 5.52. The highest BCUT2D eigenvalue weighted by Gasteiger charge is 2.44. The maximum Gasteiger partial charge on any atom is 0.435 e. The molecule has 118 valence electrons. The summed E-state index contributed by atoms with van der Waals surface area (Å²) in [6.07, 6.45) is -10.4. The number of nitrogens with two attached hydrogens (primary N) is 1. The van der Waals surface area contributed by atoms with Gasteiger partial charge in [0.1, 0.15) is 0 Å². The van der Waals surface area contributed by atoms with E-state index in [0.29, 0.717) is 0 Å². The van der Waals surface area contributed by atoms with Gasteiger partial charge in [0.15, 0.2) is 11.4 Å². The van der Waals surface area contributed by atoms with Crippen LogP contribution in [-0.4, -0.2) is 17.6 Å². The fourth-order valence-electron chi connectivity index (χ4n) is 1.59. The van der Waals surface area contributed by atoms with Crippen LogP contribution in [0, 0.1) is 6.92 Å². The molecule has 4 nitrogen and oxygen atoms in total. The van der Waals surface area contributed by atoms with E-state index in [4.69, 9.17) is 5.73 Å². The predicted molar refractivity (Wildman–Crippen MR) is 59.3 cm³/mol. The van der Waals surface area contributed by atoms with Crippen LogP contribution in [-0.2, 0) is 17.1 Å². The SMILES string of the molecule is CCOC(=O)c1c(C(F)(F)F)nc(C(F)(F)F)c(N)c1C. The lowest BCUT2D eigenvalue weighted by atomic mass is 10.0. The molecule has 0 aromatic carbocycles. The Bertz CT molecular complexity index is 565. The maximum atomic E-state index is 12.9. The van der Waals surface area contributed by atoms with Crippen LogP contribution in [0.4, 0.5) is 32.0 Å². The lowest BCUT2D eigenvalue weighted by molar-refractivity contribution is -0.150. The summed E-state index contributed by atoms with van der Waals surface area (Å²) in [6, 6.07) is 0. The van der Waals surface area contributed by atoms with Gasteiger partial charge in [-0.3, -0.25) is 0 Å².